The third kappa shape index (κ3) is 10.6. The zero-order valence-corrected chi connectivity index (χ0v) is 34.8. The number of ether oxygens (including phenoxy) is 1. The normalized spacial score (nSPS) is 24.1. The summed E-state index contributed by atoms with van der Waals surface area (Å²) in [7, 11) is -2.52. The molecule has 4 N–H and O–H groups in total. The molecule has 1 saturated carbocycles. The van der Waals surface area contributed by atoms with Gasteiger partial charge >= 0.3 is 6.18 Å². The van der Waals surface area contributed by atoms with Crippen molar-refractivity contribution < 1.29 is 49.8 Å². The molecular formula is C41H51F5N8O6S. The Morgan fingerprint density at radius 3 is 2.36 bits per heavy atom. The number of aromatic nitrogens is 2. The smallest absolute Gasteiger partial charge is 0.390 e. The van der Waals surface area contributed by atoms with Crippen LogP contribution in [0.25, 0.3) is 0 Å². The molecule has 4 fully saturated rings. The van der Waals surface area contributed by atoms with E-state index in [4.69, 9.17) is 4.74 Å². The molecule has 14 nitrogen and oxygen atoms in total. The van der Waals surface area contributed by atoms with E-state index in [1.807, 2.05) is 4.90 Å². The maximum absolute atomic E-state index is 15.5. The molecule has 3 aromatic rings. The number of sulfonamides is 1. The van der Waals surface area contributed by atoms with Crippen LogP contribution in [0.4, 0.5) is 45.1 Å². The van der Waals surface area contributed by atoms with Gasteiger partial charge in [-0.1, -0.05) is 6.07 Å². The lowest BCUT2D eigenvalue weighted by Gasteiger charge is -2.44. The van der Waals surface area contributed by atoms with Crippen molar-refractivity contribution in [2.75, 3.05) is 68.1 Å². The molecule has 332 valence electrons. The first-order valence-corrected chi connectivity index (χ1v) is 22.0. The topological polar surface area (TPSA) is 169 Å². The molecule has 4 aliphatic rings. The van der Waals surface area contributed by atoms with Crippen LogP contribution in [0.3, 0.4) is 0 Å². The second-order valence-corrected chi connectivity index (χ2v) is 18.5. The lowest BCUT2D eigenvalue weighted by atomic mass is 9.85. The number of aliphatic hydroxyl groups is 1. The van der Waals surface area contributed by atoms with Crippen LogP contribution < -0.4 is 25.2 Å². The summed E-state index contributed by atoms with van der Waals surface area (Å²) in [5.41, 5.74) is -1.35. The Labute approximate surface area is 351 Å². The van der Waals surface area contributed by atoms with Crippen LogP contribution in [0.1, 0.15) is 75.3 Å². The van der Waals surface area contributed by atoms with E-state index in [1.165, 1.54) is 23.1 Å². The molecule has 61 heavy (non-hydrogen) atoms. The minimum atomic E-state index is -4.76. The highest BCUT2D eigenvalue weighted by molar-refractivity contribution is 7.89. The number of nitrogens with zero attached hydrogens (tertiary/aromatic N) is 5. The molecule has 7 rings (SSSR count). The van der Waals surface area contributed by atoms with Crippen molar-refractivity contribution in [1.82, 2.24) is 24.9 Å². The van der Waals surface area contributed by atoms with E-state index >= 15 is 8.78 Å². The van der Waals surface area contributed by atoms with Gasteiger partial charge in [0, 0.05) is 65.0 Å². The van der Waals surface area contributed by atoms with E-state index < -0.39 is 56.6 Å². The van der Waals surface area contributed by atoms with Crippen LogP contribution in [0.5, 0.6) is 0 Å². The van der Waals surface area contributed by atoms with E-state index in [-0.39, 0.29) is 72.8 Å². The fraction of sp³-hybridized carbons (Fsp3) is 0.561. The number of piperidine rings is 2. The summed E-state index contributed by atoms with van der Waals surface area (Å²) in [4.78, 5) is 37.1. The second-order valence-electron chi connectivity index (χ2n) is 16.8. The quantitative estimate of drug-likeness (QED) is 0.141. The molecular weight excluding hydrogens is 828 g/mol. The fourth-order valence-corrected chi connectivity index (χ4v) is 10.1. The van der Waals surface area contributed by atoms with E-state index in [0.29, 0.717) is 63.0 Å². The first-order valence-electron chi connectivity index (χ1n) is 20.5. The summed E-state index contributed by atoms with van der Waals surface area (Å²) in [6.45, 7) is 4.76. The highest BCUT2D eigenvalue weighted by Crippen LogP contribution is 2.38. The Morgan fingerprint density at radius 2 is 1.70 bits per heavy atom. The minimum absolute atomic E-state index is 0.0298. The third-order valence-electron chi connectivity index (χ3n) is 12.3. The number of halogens is 5. The van der Waals surface area contributed by atoms with Crippen molar-refractivity contribution in [2.24, 2.45) is 5.92 Å². The van der Waals surface area contributed by atoms with Gasteiger partial charge < -0.3 is 25.0 Å². The van der Waals surface area contributed by atoms with Crippen LogP contribution in [-0.4, -0.2) is 111 Å². The van der Waals surface area contributed by atoms with Crippen molar-refractivity contribution in [3.63, 3.8) is 0 Å². The monoisotopic (exact) mass is 878 g/mol. The molecule has 1 aromatic heterocycles. The Morgan fingerprint density at radius 1 is 0.967 bits per heavy atom. The van der Waals surface area contributed by atoms with E-state index in [2.05, 4.69) is 30.2 Å². The summed E-state index contributed by atoms with van der Waals surface area (Å²) >= 11 is 0. The van der Waals surface area contributed by atoms with Gasteiger partial charge in [-0.15, -0.1) is 0 Å². The van der Waals surface area contributed by atoms with Gasteiger partial charge in [0.25, 0.3) is 0 Å². The summed E-state index contributed by atoms with van der Waals surface area (Å²) in [6, 6.07) is 7.61. The number of imide groups is 1. The lowest BCUT2D eigenvalue weighted by Crippen LogP contribution is -2.56. The summed E-state index contributed by atoms with van der Waals surface area (Å²) in [5.74, 6) is -3.17. The number of hydrogen-bond donors (Lipinski definition) is 4. The highest BCUT2D eigenvalue weighted by Gasteiger charge is 2.39. The number of nitrogens with one attached hydrogen (secondary N) is 3. The van der Waals surface area contributed by atoms with Gasteiger partial charge in [0.2, 0.25) is 27.8 Å². The average Bonchev–Trinajstić information content (AvgIpc) is 3.19. The Hall–Kier alpha value is -4.50. The molecule has 3 saturated heterocycles. The van der Waals surface area contributed by atoms with Gasteiger partial charge in [0.1, 0.15) is 23.0 Å². The van der Waals surface area contributed by atoms with Crippen LogP contribution >= 0.6 is 0 Å². The number of carbonyl (C=O) groups excluding carboxylic acids is 2. The number of alkyl halides is 3. The van der Waals surface area contributed by atoms with Crippen molar-refractivity contribution in [3.05, 3.63) is 65.4 Å². The number of benzene rings is 2. The Kier molecular flexibility index (Phi) is 13.2. The predicted octanol–water partition coefficient (Wildman–Crippen LogP) is 5.06. The summed E-state index contributed by atoms with van der Waals surface area (Å²) in [5, 5.41) is 15.2. The highest BCUT2D eigenvalue weighted by atomic mass is 32.2. The molecule has 4 heterocycles. The minimum Gasteiger partial charge on any atom is -0.390 e. The molecule has 2 aromatic carbocycles. The number of rotatable bonds is 12. The predicted molar refractivity (Wildman–Crippen MR) is 216 cm³/mol. The molecule has 1 aliphatic carbocycles. The summed E-state index contributed by atoms with van der Waals surface area (Å²) in [6.07, 6.45) is -0.536. The zero-order valence-electron chi connectivity index (χ0n) is 34.0. The number of methoxy groups -OCH3 is 1. The largest absolute Gasteiger partial charge is 0.421 e. The number of carbonyl (C=O) groups is 2. The number of amides is 2. The fourth-order valence-electron chi connectivity index (χ4n) is 8.75. The zero-order chi connectivity index (χ0) is 43.7. The molecule has 1 unspecified atom stereocenters. The van der Waals surface area contributed by atoms with Gasteiger partial charge in [-0.3, -0.25) is 19.8 Å². The third-order valence-corrected chi connectivity index (χ3v) is 13.8. The maximum atomic E-state index is 15.5. The van der Waals surface area contributed by atoms with Crippen LogP contribution in [0.15, 0.2) is 47.5 Å². The molecule has 2 amide bonds. The van der Waals surface area contributed by atoms with Crippen LogP contribution in [-0.2, 0) is 30.5 Å². The van der Waals surface area contributed by atoms with E-state index in [1.54, 1.807) is 26.2 Å². The SMILES string of the molecule is COC[C@H]1CN(c2ccc(C3CCC(=O)NC3=O)cc2F)CCN1CC1CCC(NS(=O)(=O)c2ccc(Nc3ncc(C(F)(F)F)c(N4CCC(C)(O)CC4)n3)c(F)c2)CC1. The van der Waals surface area contributed by atoms with E-state index in [0.717, 1.165) is 25.5 Å². The number of anilines is 4. The maximum Gasteiger partial charge on any atom is 0.421 e. The van der Waals surface area contributed by atoms with Crippen molar-refractivity contribution in [1.29, 1.82) is 0 Å². The van der Waals surface area contributed by atoms with E-state index in [9.17, 15) is 36.3 Å². The lowest BCUT2D eigenvalue weighted by molar-refractivity contribution is -0.138. The first kappa shape index (κ1) is 44.6. The van der Waals surface area contributed by atoms with Gasteiger partial charge in [-0.25, -0.2) is 26.9 Å². The molecule has 2 atom stereocenters. The molecule has 0 spiro atoms. The molecule has 20 heteroatoms. The van der Waals surface area contributed by atoms with Crippen LogP contribution in [0, 0.1) is 17.6 Å². The number of piperazine rings is 1. The summed E-state index contributed by atoms with van der Waals surface area (Å²) < 4.78 is 107. The van der Waals surface area contributed by atoms with Crippen LogP contribution in [0.2, 0.25) is 0 Å². The van der Waals surface area contributed by atoms with Gasteiger partial charge in [-0.2, -0.15) is 18.2 Å². The molecule has 0 radical (unpaired) electrons. The van der Waals surface area contributed by atoms with Gasteiger partial charge in [0.05, 0.1) is 40.4 Å². The standard InChI is InChI=1S/C41H51F5N8O6S/c1-40(57)13-15-52(16-14-40)37-31(41(44,45)46)21-47-39(50-37)48-34-10-8-29(20-32(34)42)61(58,59)51-27-6-3-25(4-7-27)22-53-17-18-54(23-28(53)24-60-2)35-11-5-26(19-33(35)43)30-9-12-36(55)49-38(30)56/h5,8,10-11,19-21,25,27-28,30,51,57H,3-4,6-7,9,12-18,22-24H2,1-2H3,(H,47,48,50)(H,49,55,56)/t25?,27?,28-,30?/m1/s1. The number of hydrogen-bond acceptors (Lipinski definition) is 12. The second kappa shape index (κ2) is 18.1. The van der Waals surface area contributed by atoms with Gasteiger partial charge in [-0.05, 0) is 93.7 Å². The average molecular weight is 879 g/mol. The molecule has 3 aliphatic heterocycles. The molecule has 0 bridgehead atoms. The Balaban J connectivity index is 0.921. The Bertz CT molecular complexity index is 2200. The van der Waals surface area contributed by atoms with Gasteiger partial charge in [0.15, 0.2) is 0 Å². The first-order chi connectivity index (χ1) is 28.9. The van der Waals surface area contributed by atoms with Crippen molar-refractivity contribution in [3.8, 4) is 0 Å². The van der Waals surface area contributed by atoms with Crippen molar-refractivity contribution in [2.45, 2.75) is 93.0 Å². The van der Waals surface area contributed by atoms with Crippen molar-refractivity contribution >= 4 is 45.0 Å².